The number of pyridine rings is 1. The maximum Gasteiger partial charge on any atom is 0.490 e. The first-order valence-corrected chi connectivity index (χ1v) is 8.95. The van der Waals surface area contributed by atoms with Gasteiger partial charge < -0.3 is 15.3 Å². The van der Waals surface area contributed by atoms with Gasteiger partial charge in [0.15, 0.2) is 0 Å². The Bertz CT molecular complexity index is 1060. The summed E-state index contributed by atoms with van der Waals surface area (Å²) in [4.78, 5) is 38.0. The normalized spacial score (nSPS) is 18.2. The molecule has 0 bridgehead atoms. The summed E-state index contributed by atoms with van der Waals surface area (Å²) in [5.41, 5.74) is -1.37. The molecule has 2 saturated heterocycles. The van der Waals surface area contributed by atoms with E-state index in [1.54, 1.807) is 9.30 Å². The molecule has 1 spiro atoms. The summed E-state index contributed by atoms with van der Waals surface area (Å²) >= 11 is 0. The second-order valence-electron chi connectivity index (χ2n) is 7.07. The molecule has 2 aliphatic heterocycles. The highest BCUT2D eigenvalue weighted by atomic mass is 19.4. The van der Waals surface area contributed by atoms with Crippen LogP contribution in [0.1, 0.15) is 18.4 Å². The van der Waals surface area contributed by atoms with Crippen LogP contribution < -0.4 is 15.5 Å². The number of aliphatic carboxylic acids is 1. The van der Waals surface area contributed by atoms with Crippen molar-refractivity contribution in [3.05, 3.63) is 30.2 Å². The van der Waals surface area contributed by atoms with Gasteiger partial charge in [0.2, 0.25) is 0 Å². The lowest BCUT2D eigenvalue weighted by Crippen LogP contribution is -2.55. The number of rotatable bonds is 1. The summed E-state index contributed by atoms with van der Waals surface area (Å²) in [5, 5.41) is 12.0. The Morgan fingerprint density at radius 2 is 1.69 bits per heavy atom. The zero-order valence-electron chi connectivity index (χ0n) is 15.9. The van der Waals surface area contributed by atoms with Gasteiger partial charge in [-0.25, -0.2) is 14.6 Å². The van der Waals surface area contributed by atoms with Crippen molar-refractivity contribution in [1.29, 1.82) is 0 Å². The number of piperidine rings is 1. The Kier molecular flexibility index (Phi) is 5.69. The first-order chi connectivity index (χ1) is 14.7. The molecule has 174 valence electrons. The van der Waals surface area contributed by atoms with Gasteiger partial charge in [-0.3, -0.25) is 14.5 Å². The average molecular weight is 467 g/mol. The van der Waals surface area contributed by atoms with Gasteiger partial charge in [-0.2, -0.15) is 26.3 Å². The molecule has 0 atom stereocenters. The van der Waals surface area contributed by atoms with E-state index in [2.05, 4.69) is 15.6 Å². The molecule has 0 unspecified atom stereocenters. The van der Waals surface area contributed by atoms with Gasteiger partial charge in [-0.15, -0.1) is 0 Å². The summed E-state index contributed by atoms with van der Waals surface area (Å²) in [6, 6.07) is 1.60. The van der Waals surface area contributed by atoms with Crippen LogP contribution in [-0.2, 0) is 15.8 Å². The Morgan fingerprint density at radius 3 is 2.16 bits per heavy atom. The van der Waals surface area contributed by atoms with Gasteiger partial charge in [0.1, 0.15) is 17.7 Å². The summed E-state index contributed by atoms with van der Waals surface area (Å²) in [6.07, 6.45) is -6.08. The van der Waals surface area contributed by atoms with Crippen LogP contribution in [0.2, 0.25) is 0 Å². The number of hydrogen-bond acceptors (Lipinski definition) is 5. The molecule has 2 aromatic heterocycles. The summed E-state index contributed by atoms with van der Waals surface area (Å²) in [6.45, 7) is 0.671. The number of aromatic nitrogens is 2. The maximum atomic E-state index is 13.2. The van der Waals surface area contributed by atoms with Crippen LogP contribution in [0.5, 0.6) is 0 Å². The monoisotopic (exact) mass is 467 g/mol. The molecule has 0 radical (unpaired) electrons. The van der Waals surface area contributed by atoms with Crippen molar-refractivity contribution in [2.24, 2.45) is 0 Å². The van der Waals surface area contributed by atoms with E-state index in [0.29, 0.717) is 37.3 Å². The van der Waals surface area contributed by atoms with E-state index >= 15 is 0 Å². The molecule has 3 amide bonds. The van der Waals surface area contributed by atoms with E-state index < -0.39 is 35.5 Å². The van der Waals surface area contributed by atoms with E-state index in [1.807, 2.05) is 0 Å². The topological polar surface area (TPSA) is 116 Å². The highest BCUT2D eigenvalue weighted by molar-refractivity contribution is 6.07. The quantitative estimate of drug-likeness (QED) is 0.438. The zero-order valence-corrected chi connectivity index (χ0v) is 15.9. The SMILES string of the molecule is O=C(O)C(F)(F)F.O=C1NC(=O)C2(CCN(c3cc(C(F)(F)F)cc4cncn34)CC2)N1. The Hall–Kier alpha value is -3.52. The van der Waals surface area contributed by atoms with Crippen LogP contribution in [-0.4, -0.2) is 57.2 Å². The molecular weight excluding hydrogens is 452 g/mol. The molecule has 0 aromatic carbocycles. The number of carboxylic acid groups (broad SMARTS) is 1. The third-order valence-corrected chi connectivity index (χ3v) is 5.03. The molecule has 2 aliphatic rings. The average Bonchev–Trinajstić information content (AvgIpc) is 3.25. The third kappa shape index (κ3) is 4.55. The third-order valence-electron chi connectivity index (χ3n) is 5.03. The van der Waals surface area contributed by atoms with Crippen molar-refractivity contribution in [3.63, 3.8) is 0 Å². The first-order valence-electron chi connectivity index (χ1n) is 8.95. The van der Waals surface area contributed by atoms with Crippen molar-refractivity contribution in [2.75, 3.05) is 18.0 Å². The van der Waals surface area contributed by atoms with E-state index in [0.717, 1.165) is 12.1 Å². The number of imide groups is 1. The van der Waals surface area contributed by atoms with Gasteiger partial charge in [0.05, 0.1) is 17.3 Å². The van der Waals surface area contributed by atoms with Crippen LogP contribution in [0.15, 0.2) is 24.7 Å². The van der Waals surface area contributed by atoms with Crippen molar-refractivity contribution in [3.8, 4) is 0 Å². The number of carbonyl (C=O) groups excluding carboxylic acids is 2. The molecule has 2 fully saturated rings. The lowest BCUT2D eigenvalue weighted by Gasteiger charge is -2.38. The molecule has 0 aliphatic carbocycles. The number of fused-ring (bicyclic) bond motifs is 1. The van der Waals surface area contributed by atoms with Crippen molar-refractivity contribution >= 4 is 29.2 Å². The number of halogens is 6. The van der Waals surface area contributed by atoms with Crippen LogP contribution >= 0.6 is 0 Å². The summed E-state index contributed by atoms with van der Waals surface area (Å²) in [5.74, 6) is -2.77. The molecule has 2 aromatic rings. The van der Waals surface area contributed by atoms with Crippen LogP contribution in [0.25, 0.3) is 5.52 Å². The Morgan fingerprint density at radius 1 is 1.09 bits per heavy atom. The fourth-order valence-electron chi connectivity index (χ4n) is 3.42. The predicted octanol–water partition coefficient (Wildman–Crippen LogP) is 2.16. The predicted molar refractivity (Wildman–Crippen MR) is 94.7 cm³/mol. The Labute approximate surface area is 175 Å². The smallest absolute Gasteiger partial charge is 0.475 e. The van der Waals surface area contributed by atoms with Crippen LogP contribution in [0.4, 0.5) is 37.0 Å². The van der Waals surface area contributed by atoms with E-state index in [-0.39, 0.29) is 5.91 Å². The second-order valence-corrected chi connectivity index (χ2v) is 7.07. The zero-order chi connectivity index (χ0) is 23.9. The summed E-state index contributed by atoms with van der Waals surface area (Å²) < 4.78 is 72.8. The fourth-order valence-corrected chi connectivity index (χ4v) is 3.42. The van der Waals surface area contributed by atoms with Gasteiger partial charge in [0, 0.05) is 13.1 Å². The largest absolute Gasteiger partial charge is 0.490 e. The number of alkyl halides is 6. The molecule has 4 rings (SSSR count). The number of nitrogens with one attached hydrogen (secondary N) is 2. The Balaban J connectivity index is 0.000000360. The standard InChI is InChI=1S/C15H14F3N5O2.C2HF3O2/c16-15(17,18)9-5-10-7-19-8-23(10)11(6-9)22-3-1-14(2-4-22)12(24)20-13(25)21-14;3-2(4,5)1(6)7/h5-8H,1-4H2,(H2,20,21,24,25);(H,6,7). The fraction of sp³-hybridized carbons (Fsp3) is 0.412. The molecule has 4 heterocycles. The number of imidazole rings is 1. The number of anilines is 1. The van der Waals surface area contributed by atoms with E-state index in [4.69, 9.17) is 9.90 Å². The van der Waals surface area contributed by atoms with Gasteiger partial charge in [0.25, 0.3) is 5.91 Å². The maximum absolute atomic E-state index is 13.2. The van der Waals surface area contributed by atoms with Gasteiger partial charge >= 0.3 is 24.4 Å². The molecule has 3 N–H and O–H groups in total. The minimum absolute atomic E-state index is 0.316. The second kappa shape index (κ2) is 7.87. The summed E-state index contributed by atoms with van der Waals surface area (Å²) in [7, 11) is 0. The van der Waals surface area contributed by atoms with Crippen LogP contribution in [0, 0.1) is 0 Å². The molecule has 15 heteroatoms. The number of hydrogen-bond donors (Lipinski definition) is 3. The first kappa shape index (κ1) is 23.1. The molecule has 0 saturated carbocycles. The number of carboxylic acids is 1. The highest BCUT2D eigenvalue weighted by Gasteiger charge is 2.48. The number of nitrogens with zero attached hydrogens (tertiary/aromatic N) is 3. The lowest BCUT2D eigenvalue weighted by atomic mass is 9.87. The van der Waals surface area contributed by atoms with Gasteiger partial charge in [-0.05, 0) is 25.0 Å². The van der Waals surface area contributed by atoms with Crippen molar-refractivity contribution in [2.45, 2.75) is 30.7 Å². The number of urea groups is 1. The minimum atomic E-state index is -5.08. The highest BCUT2D eigenvalue weighted by Crippen LogP contribution is 2.35. The van der Waals surface area contributed by atoms with Crippen LogP contribution in [0.3, 0.4) is 0 Å². The molecule has 32 heavy (non-hydrogen) atoms. The number of carbonyl (C=O) groups is 3. The van der Waals surface area contributed by atoms with Gasteiger partial charge in [-0.1, -0.05) is 0 Å². The van der Waals surface area contributed by atoms with E-state index in [1.165, 1.54) is 12.5 Å². The van der Waals surface area contributed by atoms with E-state index in [9.17, 15) is 35.9 Å². The lowest BCUT2D eigenvalue weighted by molar-refractivity contribution is -0.192. The minimum Gasteiger partial charge on any atom is -0.475 e. The number of amides is 3. The molecule has 9 nitrogen and oxygen atoms in total. The van der Waals surface area contributed by atoms with Crippen molar-refractivity contribution in [1.82, 2.24) is 20.0 Å². The molecular formula is C17H15F6N5O4. The van der Waals surface area contributed by atoms with Crippen molar-refractivity contribution < 1.29 is 45.8 Å².